The second kappa shape index (κ2) is 12.7. The molecule has 1 N–H and O–H groups in total. The minimum absolute atomic E-state index is 0.341. The maximum absolute atomic E-state index is 5.12. The first-order chi connectivity index (χ1) is 25.8. The Morgan fingerprint density at radius 3 is 2.02 bits per heavy atom. The monoisotopic (exact) mass is 684 g/mol. The van der Waals surface area contributed by atoms with E-state index in [9.17, 15) is 0 Å². The van der Waals surface area contributed by atoms with Crippen LogP contribution < -0.4 is 5.32 Å². The van der Waals surface area contributed by atoms with Crippen LogP contribution in [0, 0.1) is 0 Å². The maximum atomic E-state index is 5.12. The molecule has 0 spiro atoms. The van der Waals surface area contributed by atoms with E-state index in [1.54, 1.807) is 0 Å². The molecule has 3 heterocycles. The molecule has 0 radical (unpaired) electrons. The molecule has 0 amide bonds. The molecule has 4 nitrogen and oxygen atoms in total. The number of fused-ring (bicyclic) bond motifs is 6. The summed E-state index contributed by atoms with van der Waals surface area (Å²) in [7, 11) is 0. The molecule has 0 bridgehead atoms. The average molecular weight is 685 g/mol. The van der Waals surface area contributed by atoms with Crippen LogP contribution in [0.25, 0.3) is 50.8 Å². The Labute approximate surface area is 306 Å². The zero-order chi connectivity index (χ0) is 34.4. The molecule has 2 aliphatic heterocycles. The first kappa shape index (κ1) is 30.4. The summed E-state index contributed by atoms with van der Waals surface area (Å²) in [4.78, 5) is 12.7. The fourth-order valence-electron chi connectivity index (χ4n) is 7.35. The summed E-state index contributed by atoms with van der Waals surface area (Å²) in [5.74, 6) is 1.62. The molecule has 0 fully saturated rings. The highest BCUT2D eigenvalue weighted by Gasteiger charge is 2.22. The summed E-state index contributed by atoms with van der Waals surface area (Å²) in [5, 5.41) is 6.11. The van der Waals surface area contributed by atoms with E-state index in [4.69, 9.17) is 9.98 Å². The van der Waals surface area contributed by atoms with Crippen LogP contribution >= 0.6 is 11.8 Å². The molecule has 1 aromatic heterocycles. The van der Waals surface area contributed by atoms with Crippen LogP contribution in [0.4, 0.5) is 0 Å². The number of amidine groups is 2. The SMILES string of the molecule is C1=Cc2ccc3c(c2Sc2ccccc21)c1ccccc1n3-c1cccc(-c2cccc(C3=NC(c4ccccc4)N=C(c4ccccc4)N3)c2)c1. The molecule has 52 heavy (non-hydrogen) atoms. The van der Waals surface area contributed by atoms with E-state index >= 15 is 0 Å². The molecule has 246 valence electrons. The number of nitrogens with one attached hydrogen (secondary N) is 1. The number of benzene rings is 7. The van der Waals surface area contributed by atoms with E-state index < -0.39 is 0 Å². The van der Waals surface area contributed by atoms with E-state index in [0.29, 0.717) is 0 Å². The topological polar surface area (TPSA) is 41.7 Å². The van der Waals surface area contributed by atoms with Gasteiger partial charge >= 0.3 is 0 Å². The third-order valence-corrected chi connectivity index (χ3v) is 11.1. The predicted octanol–water partition coefficient (Wildman–Crippen LogP) is 11.6. The lowest BCUT2D eigenvalue weighted by Gasteiger charge is -2.22. The van der Waals surface area contributed by atoms with Crippen molar-refractivity contribution in [2.45, 2.75) is 16.0 Å². The Morgan fingerprint density at radius 1 is 0.500 bits per heavy atom. The normalized spacial score (nSPS) is 15.0. The van der Waals surface area contributed by atoms with Crippen molar-refractivity contribution in [2.75, 3.05) is 0 Å². The van der Waals surface area contributed by atoms with Crippen molar-refractivity contribution >= 4 is 57.4 Å². The van der Waals surface area contributed by atoms with Crippen LogP contribution in [0.3, 0.4) is 0 Å². The Hall–Kier alpha value is -6.43. The summed E-state index contributed by atoms with van der Waals surface area (Å²) < 4.78 is 2.42. The van der Waals surface area contributed by atoms with Crippen molar-refractivity contribution in [3.63, 3.8) is 0 Å². The van der Waals surface area contributed by atoms with Crippen LogP contribution in [0.5, 0.6) is 0 Å². The van der Waals surface area contributed by atoms with Crippen LogP contribution in [0.15, 0.2) is 190 Å². The lowest BCUT2D eigenvalue weighted by molar-refractivity contribution is 0.756. The third kappa shape index (κ3) is 5.34. The Bertz CT molecular complexity index is 2740. The van der Waals surface area contributed by atoms with Gasteiger partial charge in [0, 0.05) is 37.4 Å². The molecule has 0 aliphatic carbocycles. The van der Waals surface area contributed by atoms with Gasteiger partial charge in [-0.25, -0.2) is 9.98 Å². The van der Waals surface area contributed by atoms with Gasteiger partial charge in [-0.3, -0.25) is 0 Å². The Morgan fingerprint density at radius 2 is 1.15 bits per heavy atom. The zero-order valence-corrected chi connectivity index (χ0v) is 29.0. The number of aliphatic imine (C=N–C) groups is 2. The molecule has 1 atom stereocenters. The van der Waals surface area contributed by atoms with Crippen molar-refractivity contribution in [3.8, 4) is 16.8 Å². The average Bonchev–Trinajstić information content (AvgIpc) is 3.44. The molecule has 10 rings (SSSR count). The number of nitrogens with zero attached hydrogens (tertiary/aromatic N) is 3. The molecular weight excluding hydrogens is 653 g/mol. The quantitative estimate of drug-likeness (QED) is 0.196. The number of rotatable bonds is 5. The van der Waals surface area contributed by atoms with Crippen molar-refractivity contribution in [2.24, 2.45) is 9.98 Å². The standard InChI is InChI=1S/C47H32N4S/c1-3-14-33(15-4-1)45-48-46(34-16-5-2-6-17-34)50-47(49-45)37-20-11-18-35(29-37)36-19-12-21-38(30-36)51-40-23-9-8-22-39(40)43-41(51)28-27-32-26-25-31-13-7-10-24-42(31)52-44(32)43/h1-30,45H,(H,48,49,50). The summed E-state index contributed by atoms with van der Waals surface area (Å²) in [6.07, 6.45) is 4.16. The minimum atomic E-state index is -0.341. The number of para-hydroxylation sites is 1. The third-order valence-electron chi connectivity index (χ3n) is 9.85. The summed E-state index contributed by atoms with van der Waals surface area (Å²) >= 11 is 1.87. The summed E-state index contributed by atoms with van der Waals surface area (Å²) in [6, 6.07) is 60.1. The smallest absolute Gasteiger partial charge is 0.169 e. The highest BCUT2D eigenvalue weighted by molar-refractivity contribution is 7.99. The highest BCUT2D eigenvalue weighted by atomic mass is 32.2. The van der Waals surface area contributed by atoms with Crippen molar-refractivity contribution < 1.29 is 0 Å². The van der Waals surface area contributed by atoms with Crippen LogP contribution in [0.1, 0.15) is 34.0 Å². The van der Waals surface area contributed by atoms with Gasteiger partial charge in [0.15, 0.2) is 6.17 Å². The lowest BCUT2D eigenvalue weighted by atomic mass is 10.0. The Kier molecular flexibility index (Phi) is 7.43. The van der Waals surface area contributed by atoms with Gasteiger partial charge in [0.2, 0.25) is 0 Å². The first-order valence-corrected chi connectivity index (χ1v) is 18.3. The molecule has 7 aromatic carbocycles. The summed E-state index contributed by atoms with van der Waals surface area (Å²) in [6.45, 7) is 0. The van der Waals surface area contributed by atoms with Crippen LogP contribution in [-0.2, 0) is 0 Å². The number of hydrogen-bond acceptors (Lipinski definition) is 4. The number of aromatic nitrogens is 1. The highest BCUT2D eigenvalue weighted by Crippen LogP contribution is 2.45. The second-order valence-corrected chi connectivity index (χ2v) is 14.1. The fourth-order valence-corrected chi connectivity index (χ4v) is 8.54. The van der Waals surface area contributed by atoms with E-state index in [0.717, 1.165) is 45.2 Å². The van der Waals surface area contributed by atoms with Gasteiger partial charge in [-0.2, -0.15) is 0 Å². The molecular formula is C47H32N4S. The first-order valence-electron chi connectivity index (χ1n) is 17.5. The predicted molar refractivity (Wildman–Crippen MR) is 218 cm³/mol. The van der Waals surface area contributed by atoms with E-state index in [-0.39, 0.29) is 6.17 Å². The largest absolute Gasteiger partial charge is 0.324 e. The van der Waals surface area contributed by atoms with Gasteiger partial charge < -0.3 is 9.88 Å². The molecule has 2 aliphatic rings. The van der Waals surface area contributed by atoms with Gasteiger partial charge in [-0.05, 0) is 64.2 Å². The molecule has 1 unspecified atom stereocenters. The van der Waals surface area contributed by atoms with Crippen molar-refractivity contribution in [1.82, 2.24) is 9.88 Å². The number of hydrogen-bond donors (Lipinski definition) is 1. The van der Waals surface area contributed by atoms with E-state index in [2.05, 4.69) is 155 Å². The lowest BCUT2D eigenvalue weighted by Crippen LogP contribution is -2.36. The van der Waals surface area contributed by atoms with Gasteiger partial charge in [0.1, 0.15) is 11.7 Å². The summed E-state index contributed by atoms with van der Waals surface area (Å²) in [5.41, 5.74) is 11.4. The van der Waals surface area contributed by atoms with E-state index in [1.807, 2.05) is 48.2 Å². The van der Waals surface area contributed by atoms with E-state index in [1.165, 1.54) is 42.7 Å². The molecule has 5 heteroatoms. The fraction of sp³-hybridized carbons (Fsp3) is 0.0213. The van der Waals surface area contributed by atoms with Crippen molar-refractivity contribution in [3.05, 3.63) is 198 Å². The van der Waals surface area contributed by atoms with Crippen molar-refractivity contribution in [1.29, 1.82) is 0 Å². The Balaban J connectivity index is 1.06. The van der Waals surface area contributed by atoms with Gasteiger partial charge in [0.25, 0.3) is 0 Å². The van der Waals surface area contributed by atoms with Gasteiger partial charge in [0.05, 0.1) is 11.0 Å². The van der Waals surface area contributed by atoms with Gasteiger partial charge in [-0.1, -0.05) is 157 Å². The second-order valence-electron chi connectivity index (χ2n) is 13.1. The molecule has 0 saturated heterocycles. The molecule has 0 saturated carbocycles. The zero-order valence-electron chi connectivity index (χ0n) is 28.1. The van der Waals surface area contributed by atoms with Crippen LogP contribution in [-0.4, -0.2) is 16.2 Å². The minimum Gasteiger partial charge on any atom is -0.324 e. The molecule has 8 aromatic rings. The van der Waals surface area contributed by atoms with Crippen LogP contribution in [0.2, 0.25) is 0 Å². The van der Waals surface area contributed by atoms with Gasteiger partial charge in [-0.15, -0.1) is 0 Å². The maximum Gasteiger partial charge on any atom is 0.169 e.